The molecule has 164 valence electrons. The quantitative estimate of drug-likeness (QED) is 0.622. The van der Waals surface area contributed by atoms with Gasteiger partial charge in [0.2, 0.25) is 5.91 Å². The summed E-state index contributed by atoms with van der Waals surface area (Å²) in [5, 5.41) is 2.74. The van der Waals surface area contributed by atoms with Crippen molar-refractivity contribution in [2.75, 3.05) is 0 Å². The Morgan fingerprint density at radius 2 is 1.97 bits per heavy atom. The Morgan fingerprint density at radius 3 is 2.63 bits per heavy atom. The summed E-state index contributed by atoms with van der Waals surface area (Å²) in [7, 11) is 0. The molecule has 1 saturated carbocycles. The molecule has 1 aromatic heterocycles. The fourth-order valence-corrected chi connectivity index (χ4v) is 3.97. The van der Waals surface area contributed by atoms with Gasteiger partial charge in [0.05, 0.1) is 12.1 Å². The summed E-state index contributed by atoms with van der Waals surface area (Å²) in [5.41, 5.74) is 2.19. The lowest BCUT2D eigenvalue weighted by atomic mass is 9.85. The summed E-state index contributed by atoms with van der Waals surface area (Å²) in [6, 6.07) is 7.72. The maximum Gasteiger partial charge on any atom is 0.391 e. The lowest BCUT2D eigenvalue weighted by Crippen LogP contribution is -2.41. The number of amides is 1. The Bertz CT molecular complexity index is 828. The second-order valence-corrected chi connectivity index (χ2v) is 8.58. The largest absolute Gasteiger partial charge is 0.441 e. The summed E-state index contributed by atoms with van der Waals surface area (Å²) in [4.78, 5) is 16.4. The minimum atomic E-state index is -4.19. The Kier molecular flexibility index (Phi) is 7.21. The van der Waals surface area contributed by atoms with E-state index in [4.69, 9.17) is 4.42 Å². The number of hydrogen-bond acceptors (Lipinski definition) is 3. The molecule has 1 fully saturated rings. The van der Waals surface area contributed by atoms with Gasteiger partial charge in [-0.2, -0.15) is 13.2 Å². The highest BCUT2D eigenvalue weighted by Gasteiger charge is 2.42. The number of hydrogen-bond donors (Lipinski definition) is 1. The van der Waals surface area contributed by atoms with Gasteiger partial charge in [-0.1, -0.05) is 44.5 Å². The van der Waals surface area contributed by atoms with Crippen LogP contribution in [0.5, 0.6) is 0 Å². The standard InChI is InChI=1S/C23H29F3N2O2/c1-15(2)12-16-6-8-17(9-7-16)20-14-27-22(30-20)11-10-21(29)28-19-5-3-4-18(13-19)23(24,25)26/h6-9,14-15,18-19H,3-5,10-13H2,1-2H3,(H,28,29). The van der Waals surface area contributed by atoms with Crippen molar-refractivity contribution in [3.8, 4) is 11.3 Å². The van der Waals surface area contributed by atoms with Crippen LogP contribution in [-0.4, -0.2) is 23.1 Å². The molecule has 30 heavy (non-hydrogen) atoms. The third-order valence-electron chi connectivity index (χ3n) is 5.50. The summed E-state index contributed by atoms with van der Waals surface area (Å²) in [6.07, 6.45) is 0.0978. The van der Waals surface area contributed by atoms with Gasteiger partial charge in [-0.05, 0) is 37.2 Å². The summed E-state index contributed by atoms with van der Waals surface area (Å²) < 4.78 is 44.5. The Balaban J connectivity index is 1.48. The van der Waals surface area contributed by atoms with Gasteiger partial charge in [-0.15, -0.1) is 0 Å². The van der Waals surface area contributed by atoms with E-state index in [1.807, 2.05) is 12.1 Å². The zero-order chi connectivity index (χ0) is 21.7. The predicted molar refractivity (Wildman–Crippen MR) is 109 cm³/mol. The highest BCUT2D eigenvalue weighted by atomic mass is 19.4. The zero-order valence-electron chi connectivity index (χ0n) is 17.5. The lowest BCUT2D eigenvalue weighted by Gasteiger charge is -2.31. The number of aromatic nitrogens is 1. The first-order valence-electron chi connectivity index (χ1n) is 10.6. The molecule has 0 aliphatic heterocycles. The van der Waals surface area contributed by atoms with Crippen LogP contribution >= 0.6 is 0 Å². The van der Waals surface area contributed by atoms with Gasteiger partial charge in [0.1, 0.15) is 0 Å². The molecule has 3 rings (SSSR count). The number of alkyl halides is 3. The highest BCUT2D eigenvalue weighted by Crippen LogP contribution is 2.37. The van der Waals surface area contributed by atoms with Crippen molar-refractivity contribution in [2.24, 2.45) is 11.8 Å². The maximum absolute atomic E-state index is 12.9. The van der Waals surface area contributed by atoms with E-state index in [0.717, 1.165) is 12.0 Å². The van der Waals surface area contributed by atoms with Crippen molar-refractivity contribution in [1.82, 2.24) is 10.3 Å². The van der Waals surface area contributed by atoms with E-state index >= 15 is 0 Å². The third-order valence-corrected chi connectivity index (χ3v) is 5.50. The van der Waals surface area contributed by atoms with E-state index < -0.39 is 18.1 Å². The summed E-state index contributed by atoms with van der Waals surface area (Å²) in [6.45, 7) is 4.35. The molecule has 0 saturated heterocycles. The second kappa shape index (κ2) is 9.67. The van der Waals surface area contributed by atoms with Crippen LogP contribution in [0, 0.1) is 11.8 Å². The van der Waals surface area contributed by atoms with E-state index in [0.29, 0.717) is 36.8 Å². The molecule has 2 aromatic rings. The molecule has 4 nitrogen and oxygen atoms in total. The summed E-state index contributed by atoms with van der Waals surface area (Å²) in [5.74, 6) is 0.0928. The van der Waals surface area contributed by atoms with Crippen LogP contribution in [0.4, 0.5) is 13.2 Å². The van der Waals surface area contributed by atoms with E-state index in [1.54, 1.807) is 6.20 Å². The number of carbonyl (C=O) groups excluding carboxylic acids is 1. The van der Waals surface area contributed by atoms with Gasteiger partial charge in [0.15, 0.2) is 11.7 Å². The van der Waals surface area contributed by atoms with E-state index in [2.05, 4.69) is 36.3 Å². The Labute approximate surface area is 175 Å². The zero-order valence-corrected chi connectivity index (χ0v) is 17.5. The molecule has 1 aromatic carbocycles. The van der Waals surface area contributed by atoms with E-state index in [1.165, 1.54) is 5.56 Å². The number of nitrogens with one attached hydrogen (secondary N) is 1. The van der Waals surface area contributed by atoms with Crippen molar-refractivity contribution >= 4 is 5.91 Å². The smallest absolute Gasteiger partial charge is 0.391 e. The van der Waals surface area contributed by atoms with Crippen LogP contribution in [0.1, 0.15) is 57.4 Å². The first kappa shape index (κ1) is 22.4. The van der Waals surface area contributed by atoms with Gasteiger partial charge in [-0.25, -0.2) is 4.98 Å². The predicted octanol–water partition coefficient (Wildman–Crippen LogP) is 5.71. The van der Waals surface area contributed by atoms with Crippen molar-refractivity contribution in [3.63, 3.8) is 0 Å². The van der Waals surface area contributed by atoms with Gasteiger partial charge < -0.3 is 9.73 Å². The van der Waals surface area contributed by atoms with Crippen LogP contribution in [0.3, 0.4) is 0 Å². The average Bonchev–Trinajstić information content (AvgIpc) is 3.15. The van der Waals surface area contributed by atoms with Gasteiger partial charge in [0, 0.05) is 24.4 Å². The molecule has 0 spiro atoms. The minimum Gasteiger partial charge on any atom is -0.441 e. The highest BCUT2D eigenvalue weighted by molar-refractivity contribution is 5.76. The number of rotatable bonds is 7. The van der Waals surface area contributed by atoms with Crippen LogP contribution in [0.15, 0.2) is 34.9 Å². The molecule has 1 amide bonds. The SMILES string of the molecule is CC(C)Cc1ccc(-c2cnc(CCC(=O)NC3CCCC(C(F)(F)F)C3)o2)cc1. The second-order valence-electron chi connectivity index (χ2n) is 8.58. The van der Waals surface area contributed by atoms with Crippen molar-refractivity contribution in [2.45, 2.75) is 71.0 Å². The normalized spacial score (nSPS) is 19.8. The van der Waals surface area contributed by atoms with Crippen LogP contribution in [-0.2, 0) is 17.6 Å². The molecular formula is C23H29F3N2O2. The fourth-order valence-electron chi connectivity index (χ4n) is 3.97. The average molecular weight is 422 g/mol. The topological polar surface area (TPSA) is 55.1 Å². The number of aryl methyl sites for hydroxylation is 1. The number of oxazole rings is 1. The number of nitrogens with zero attached hydrogens (tertiary/aromatic N) is 1. The molecule has 0 bridgehead atoms. The molecular weight excluding hydrogens is 393 g/mol. The number of halogens is 3. The monoisotopic (exact) mass is 422 g/mol. The van der Waals surface area contributed by atoms with Crippen LogP contribution < -0.4 is 5.32 Å². The van der Waals surface area contributed by atoms with Crippen molar-refractivity contribution in [3.05, 3.63) is 41.9 Å². The van der Waals surface area contributed by atoms with Crippen molar-refractivity contribution < 1.29 is 22.4 Å². The third kappa shape index (κ3) is 6.34. The van der Waals surface area contributed by atoms with Gasteiger partial charge >= 0.3 is 6.18 Å². The van der Waals surface area contributed by atoms with Crippen molar-refractivity contribution in [1.29, 1.82) is 0 Å². The molecule has 1 aliphatic rings. The number of benzene rings is 1. The van der Waals surface area contributed by atoms with Gasteiger partial charge in [0.25, 0.3) is 0 Å². The van der Waals surface area contributed by atoms with Crippen LogP contribution in [0.2, 0.25) is 0 Å². The van der Waals surface area contributed by atoms with Crippen LogP contribution in [0.25, 0.3) is 11.3 Å². The number of carbonyl (C=O) groups is 1. The fraction of sp³-hybridized carbons (Fsp3) is 0.565. The first-order chi connectivity index (χ1) is 14.2. The Morgan fingerprint density at radius 1 is 1.23 bits per heavy atom. The maximum atomic E-state index is 12.9. The molecule has 0 radical (unpaired) electrons. The molecule has 1 N–H and O–H groups in total. The Hall–Kier alpha value is -2.31. The van der Waals surface area contributed by atoms with E-state index in [-0.39, 0.29) is 25.2 Å². The lowest BCUT2D eigenvalue weighted by molar-refractivity contribution is -0.184. The molecule has 2 atom stereocenters. The summed E-state index contributed by atoms with van der Waals surface area (Å²) >= 11 is 0. The molecule has 2 unspecified atom stereocenters. The molecule has 1 aliphatic carbocycles. The van der Waals surface area contributed by atoms with Gasteiger partial charge in [-0.3, -0.25) is 4.79 Å². The molecule has 1 heterocycles. The first-order valence-corrected chi connectivity index (χ1v) is 10.6. The van der Waals surface area contributed by atoms with E-state index in [9.17, 15) is 18.0 Å². The molecule has 7 heteroatoms. The minimum absolute atomic E-state index is 0.0365.